The Bertz CT molecular complexity index is 1100. The van der Waals surface area contributed by atoms with Crippen LogP contribution < -0.4 is 10.2 Å². The predicted octanol–water partition coefficient (Wildman–Crippen LogP) is 1.70. The van der Waals surface area contributed by atoms with Crippen LogP contribution in [0.4, 0.5) is 5.69 Å². The number of hydrogen-bond acceptors (Lipinski definition) is 4. The molecule has 4 aliphatic heterocycles. The minimum atomic E-state index is -0.935. The van der Waals surface area contributed by atoms with Gasteiger partial charge in [-0.1, -0.05) is 18.2 Å². The number of nitrogens with one attached hydrogen (secondary N) is 2. The standard InChI is InChI=1S/C25H29N5O3/c31-22-19-16-17-6-4-13-30(17)25(19)18-7-1-2-9-21(18)29(24(25)33)15-14-28(12-5-11-27-22)23(32)20-8-3-10-26-20/h1-3,7-10,17,19,26H,4-6,11-16H2,(H,27,31)/t17-,19-,25+/m0/s1. The summed E-state index contributed by atoms with van der Waals surface area (Å²) in [5.74, 6) is -0.535. The van der Waals surface area contributed by atoms with Gasteiger partial charge in [0.25, 0.3) is 11.8 Å². The fraction of sp³-hybridized carbons (Fsp3) is 0.480. The average molecular weight is 448 g/mol. The van der Waals surface area contributed by atoms with E-state index in [2.05, 4.69) is 15.2 Å². The molecule has 4 aliphatic rings. The summed E-state index contributed by atoms with van der Waals surface area (Å²) in [7, 11) is 0. The van der Waals surface area contributed by atoms with E-state index in [0.29, 0.717) is 38.3 Å². The van der Waals surface area contributed by atoms with Gasteiger partial charge in [-0.15, -0.1) is 0 Å². The molecule has 0 radical (unpaired) electrons. The number of H-pyrrole nitrogens is 1. The summed E-state index contributed by atoms with van der Waals surface area (Å²) in [6.45, 7) is 2.70. The van der Waals surface area contributed by atoms with Crippen molar-refractivity contribution in [1.29, 1.82) is 0 Å². The van der Waals surface area contributed by atoms with Crippen LogP contribution in [0.3, 0.4) is 0 Å². The highest BCUT2D eigenvalue weighted by Gasteiger charge is 2.67. The second kappa shape index (κ2) is 7.73. The lowest BCUT2D eigenvalue weighted by molar-refractivity contribution is -0.139. The highest BCUT2D eigenvalue weighted by Crippen LogP contribution is 2.56. The Hall–Kier alpha value is -3.13. The Labute approximate surface area is 192 Å². The van der Waals surface area contributed by atoms with Crippen molar-refractivity contribution in [2.45, 2.75) is 37.3 Å². The molecular weight excluding hydrogens is 418 g/mol. The van der Waals surface area contributed by atoms with Crippen molar-refractivity contribution in [2.75, 3.05) is 37.6 Å². The number of carbonyl (C=O) groups excluding carboxylic acids is 3. The van der Waals surface area contributed by atoms with E-state index in [1.807, 2.05) is 29.2 Å². The molecular formula is C25H29N5O3. The van der Waals surface area contributed by atoms with Gasteiger partial charge in [0.1, 0.15) is 11.2 Å². The molecule has 3 atom stereocenters. The molecule has 3 saturated heterocycles. The number of hydrogen-bond donors (Lipinski definition) is 2. The van der Waals surface area contributed by atoms with E-state index in [1.54, 1.807) is 23.2 Å². The second-order valence-corrected chi connectivity index (χ2v) is 9.54. The molecule has 3 amide bonds. The minimum Gasteiger partial charge on any atom is -0.357 e. The number of aromatic amines is 1. The van der Waals surface area contributed by atoms with Crippen LogP contribution >= 0.6 is 0 Å². The zero-order valence-electron chi connectivity index (χ0n) is 18.6. The van der Waals surface area contributed by atoms with E-state index in [1.165, 1.54) is 0 Å². The Morgan fingerprint density at radius 1 is 1.00 bits per heavy atom. The first kappa shape index (κ1) is 20.5. The molecule has 2 bridgehead atoms. The largest absolute Gasteiger partial charge is 0.357 e. The van der Waals surface area contributed by atoms with Crippen molar-refractivity contribution >= 4 is 23.4 Å². The van der Waals surface area contributed by atoms with Gasteiger partial charge in [0.15, 0.2) is 0 Å². The Morgan fingerprint density at radius 3 is 2.73 bits per heavy atom. The molecule has 33 heavy (non-hydrogen) atoms. The first-order chi connectivity index (χ1) is 16.1. The zero-order chi connectivity index (χ0) is 22.6. The third-order valence-electron chi connectivity index (χ3n) is 7.95. The molecule has 0 saturated carbocycles. The number of rotatable bonds is 1. The normalized spacial score (nSPS) is 29.7. The summed E-state index contributed by atoms with van der Waals surface area (Å²) < 4.78 is 0. The number of aromatic nitrogens is 1. The van der Waals surface area contributed by atoms with Crippen molar-refractivity contribution in [3.63, 3.8) is 0 Å². The van der Waals surface area contributed by atoms with Crippen molar-refractivity contribution in [2.24, 2.45) is 5.92 Å². The molecule has 1 aromatic heterocycles. The van der Waals surface area contributed by atoms with E-state index in [9.17, 15) is 14.4 Å². The van der Waals surface area contributed by atoms with Crippen molar-refractivity contribution in [3.8, 4) is 0 Å². The van der Waals surface area contributed by atoms with Crippen LogP contribution in [0, 0.1) is 5.92 Å². The van der Waals surface area contributed by atoms with E-state index >= 15 is 0 Å². The maximum atomic E-state index is 14.3. The van der Waals surface area contributed by atoms with Gasteiger partial charge in [-0.25, -0.2) is 0 Å². The Morgan fingerprint density at radius 2 is 1.88 bits per heavy atom. The molecule has 6 rings (SSSR count). The molecule has 2 aromatic rings. The number of carbonyl (C=O) groups is 3. The van der Waals surface area contributed by atoms with Crippen LogP contribution in [0.15, 0.2) is 42.6 Å². The van der Waals surface area contributed by atoms with E-state index in [4.69, 9.17) is 0 Å². The number of fused-ring (bicyclic) bond motifs is 4. The molecule has 2 N–H and O–H groups in total. The Kier molecular flexibility index (Phi) is 4.79. The van der Waals surface area contributed by atoms with Gasteiger partial charge >= 0.3 is 0 Å². The van der Waals surface area contributed by atoms with Gasteiger partial charge in [-0.05, 0) is 50.4 Å². The SMILES string of the molecule is O=C1NCCCN(C(=O)c2ccc[nH]2)CCN2C(=O)[C@@]3(c4ccccc42)[C@H]1C[C@@H]1CCCN13. The molecule has 0 aliphatic carbocycles. The van der Waals surface area contributed by atoms with Gasteiger partial charge in [-0.2, -0.15) is 0 Å². The molecule has 8 nitrogen and oxygen atoms in total. The smallest absolute Gasteiger partial charge is 0.270 e. The lowest BCUT2D eigenvalue weighted by Crippen LogP contribution is -2.57. The summed E-state index contributed by atoms with van der Waals surface area (Å²) in [4.78, 5) is 49.8. The molecule has 1 spiro atoms. The van der Waals surface area contributed by atoms with Gasteiger partial charge in [0.05, 0.1) is 5.92 Å². The number of benzene rings is 1. The summed E-state index contributed by atoms with van der Waals surface area (Å²) in [6, 6.07) is 11.8. The molecule has 1 aromatic carbocycles. The van der Waals surface area contributed by atoms with Gasteiger partial charge < -0.3 is 20.1 Å². The van der Waals surface area contributed by atoms with Crippen LogP contribution in [0.1, 0.15) is 41.7 Å². The summed E-state index contributed by atoms with van der Waals surface area (Å²) in [5, 5.41) is 3.10. The number of para-hydroxylation sites is 1. The maximum Gasteiger partial charge on any atom is 0.270 e. The van der Waals surface area contributed by atoms with Crippen molar-refractivity contribution in [1.82, 2.24) is 20.1 Å². The first-order valence-electron chi connectivity index (χ1n) is 12.0. The fourth-order valence-corrected chi connectivity index (χ4v) is 6.56. The lowest BCUT2D eigenvalue weighted by Gasteiger charge is -2.37. The highest BCUT2D eigenvalue weighted by molar-refractivity contribution is 6.11. The Balaban J connectivity index is 1.42. The van der Waals surface area contributed by atoms with Gasteiger partial charge in [-0.3, -0.25) is 19.3 Å². The monoisotopic (exact) mass is 447 g/mol. The molecule has 8 heteroatoms. The van der Waals surface area contributed by atoms with Crippen LogP contribution in [0.5, 0.6) is 0 Å². The van der Waals surface area contributed by atoms with E-state index in [-0.39, 0.29) is 23.8 Å². The fourth-order valence-electron chi connectivity index (χ4n) is 6.56. The third-order valence-corrected chi connectivity index (χ3v) is 7.95. The molecule has 172 valence electrons. The predicted molar refractivity (Wildman–Crippen MR) is 123 cm³/mol. The minimum absolute atomic E-state index is 0.0129. The molecule has 3 fully saturated rings. The number of nitrogens with zero attached hydrogens (tertiary/aromatic N) is 3. The maximum absolute atomic E-state index is 14.3. The first-order valence-corrected chi connectivity index (χ1v) is 12.0. The van der Waals surface area contributed by atoms with Crippen molar-refractivity contribution < 1.29 is 14.4 Å². The van der Waals surface area contributed by atoms with E-state index in [0.717, 1.165) is 37.1 Å². The van der Waals surface area contributed by atoms with Crippen LogP contribution in [0.25, 0.3) is 0 Å². The van der Waals surface area contributed by atoms with E-state index < -0.39 is 11.5 Å². The summed E-state index contributed by atoms with van der Waals surface area (Å²) >= 11 is 0. The highest BCUT2D eigenvalue weighted by atomic mass is 16.2. The quantitative estimate of drug-likeness (QED) is 0.697. The summed E-state index contributed by atoms with van der Waals surface area (Å²) in [5.41, 5.74) is 1.42. The second-order valence-electron chi connectivity index (χ2n) is 9.54. The van der Waals surface area contributed by atoms with Crippen LogP contribution in [-0.2, 0) is 15.1 Å². The lowest BCUT2D eigenvalue weighted by atomic mass is 9.78. The third kappa shape index (κ3) is 2.89. The number of amides is 3. The molecule has 0 unspecified atom stereocenters. The average Bonchev–Trinajstić information content (AvgIpc) is 3.59. The molecule has 5 heterocycles. The van der Waals surface area contributed by atoms with Crippen LogP contribution in [-0.4, -0.2) is 71.3 Å². The number of anilines is 1. The van der Waals surface area contributed by atoms with Gasteiger partial charge in [0.2, 0.25) is 5.91 Å². The zero-order valence-corrected chi connectivity index (χ0v) is 18.6. The summed E-state index contributed by atoms with van der Waals surface area (Å²) in [6.07, 6.45) is 5.21. The van der Waals surface area contributed by atoms with Gasteiger partial charge in [0, 0.05) is 49.7 Å². The van der Waals surface area contributed by atoms with Crippen molar-refractivity contribution in [3.05, 3.63) is 53.9 Å². The topological polar surface area (TPSA) is 88.7 Å². The van der Waals surface area contributed by atoms with Crippen LogP contribution in [0.2, 0.25) is 0 Å².